The fraction of sp³-hybridized carbons (Fsp3) is 0.929. The molecule has 0 aromatic heterocycles. The van der Waals surface area contributed by atoms with Crippen LogP contribution < -0.4 is 5.32 Å². The van der Waals surface area contributed by atoms with Crippen LogP contribution in [-0.2, 0) is 14.6 Å². The zero-order chi connectivity index (χ0) is 15.5. The number of aliphatic imine (C=N–C) groups is 1. The highest BCUT2D eigenvalue weighted by Gasteiger charge is 2.40. The smallest absolute Gasteiger partial charge is 0.193 e. The molecule has 1 aliphatic carbocycles. The number of ether oxygens (including phenoxy) is 1. The second-order valence-corrected chi connectivity index (χ2v) is 9.24. The summed E-state index contributed by atoms with van der Waals surface area (Å²) in [5.41, 5.74) is 0. The molecule has 0 radical (unpaired) electrons. The van der Waals surface area contributed by atoms with E-state index in [0.29, 0.717) is 26.2 Å². The van der Waals surface area contributed by atoms with E-state index in [-0.39, 0.29) is 5.75 Å². The van der Waals surface area contributed by atoms with Gasteiger partial charge in [-0.2, -0.15) is 0 Å². The van der Waals surface area contributed by atoms with E-state index in [1.807, 2.05) is 4.90 Å². The minimum absolute atomic E-state index is 0.179. The van der Waals surface area contributed by atoms with Crippen molar-refractivity contribution in [3.63, 3.8) is 0 Å². The summed E-state index contributed by atoms with van der Waals surface area (Å²) in [5, 5.41) is 3.25. The average Bonchev–Trinajstić information content (AvgIpc) is 3.21. The van der Waals surface area contributed by atoms with Crippen molar-refractivity contribution in [2.45, 2.75) is 31.4 Å². The first-order valence-electron chi connectivity index (χ1n) is 7.61. The van der Waals surface area contributed by atoms with E-state index in [1.54, 1.807) is 20.9 Å². The molecule has 2 aliphatic rings. The predicted octanol–water partition coefficient (Wildman–Crippen LogP) is 0.497. The van der Waals surface area contributed by atoms with Crippen LogP contribution in [0.2, 0.25) is 0 Å². The highest BCUT2D eigenvalue weighted by Crippen LogP contribution is 2.28. The number of rotatable bonds is 5. The Bertz CT molecular complexity index is 484. The van der Waals surface area contributed by atoms with Crippen molar-refractivity contribution in [3.8, 4) is 0 Å². The topological polar surface area (TPSA) is 71.0 Å². The number of guanidine groups is 1. The van der Waals surface area contributed by atoms with Gasteiger partial charge in [0.1, 0.15) is 0 Å². The lowest BCUT2D eigenvalue weighted by molar-refractivity contribution is 0.128. The van der Waals surface area contributed by atoms with Crippen molar-refractivity contribution in [1.29, 1.82) is 0 Å². The standard InChI is InChI=1S/C14H27N3O3S/c1-14(2)11-17(7-9-21(14,18)19)13(15-3)16-6-8-20-10-12-4-5-12/h12H,4-11H2,1-3H3,(H,15,16). The van der Waals surface area contributed by atoms with Gasteiger partial charge >= 0.3 is 0 Å². The Kier molecular flexibility index (Phi) is 5.14. The van der Waals surface area contributed by atoms with Gasteiger partial charge in [0.2, 0.25) is 0 Å². The van der Waals surface area contributed by atoms with Gasteiger partial charge in [-0.3, -0.25) is 4.99 Å². The Labute approximate surface area is 127 Å². The van der Waals surface area contributed by atoms with E-state index in [1.165, 1.54) is 12.8 Å². The summed E-state index contributed by atoms with van der Waals surface area (Å²) < 4.78 is 28.9. The van der Waals surface area contributed by atoms with E-state index in [4.69, 9.17) is 4.74 Å². The molecule has 1 N–H and O–H groups in total. The fourth-order valence-electron chi connectivity index (χ4n) is 2.43. The van der Waals surface area contributed by atoms with Gasteiger partial charge < -0.3 is 15.0 Å². The van der Waals surface area contributed by atoms with E-state index in [2.05, 4.69) is 10.3 Å². The van der Waals surface area contributed by atoms with E-state index in [9.17, 15) is 8.42 Å². The van der Waals surface area contributed by atoms with Crippen LogP contribution in [-0.4, -0.2) is 69.7 Å². The van der Waals surface area contributed by atoms with Gasteiger partial charge in [0.05, 0.1) is 17.1 Å². The average molecular weight is 317 g/mol. The molecule has 7 heteroatoms. The summed E-state index contributed by atoms with van der Waals surface area (Å²) in [5.74, 6) is 1.71. The lowest BCUT2D eigenvalue weighted by atomic mass is 10.2. The van der Waals surface area contributed by atoms with Crippen LogP contribution in [0.15, 0.2) is 4.99 Å². The largest absolute Gasteiger partial charge is 0.379 e. The van der Waals surface area contributed by atoms with Gasteiger partial charge in [-0.25, -0.2) is 8.42 Å². The van der Waals surface area contributed by atoms with Crippen molar-refractivity contribution < 1.29 is 13.2 Å². The second kappa shape index (κ2) is 6.52. The minimum atomic E-state index is -3.02. The third-order valence-corrected chi connectivity index (χ3v) is 6.67. The van der Waals surface area contributed by atoms with Crippen molar-refractivity contribution in [3.05, 3.63) is 0 Å². The summed E-state index contributed by atoms with van der Waals surface area (Å²) in [6.07, 6.45) is 2.60. The van der Waals surface area contributed by atoms with E-state index < -0.39 is 14.6 Å². The summed E-state index contributed by atoms with van der Waals surface area (Å²) in [7, 11) is -1.29. The molecular formula is C14H27N3O3S. The van der Waals surface area contributed by atoms with Gasteiger partial charge in [-0.1, -0.05) is 0 Å². The number of nitrogens with zero attached hydrogens (tertiary/aromatic N) is 2. The van der Waals surface area contributed by atoms with Crippen LogP contribution in [0, 0.1) is 5.92 Å². The molecule has 122 valence electrons. The monoisotopic (exact) mass is 317 g/mol. The Morgan fingerprint density at radius 2 is 2.14 bits per heavy atom. The first-order valence-corrected chi connectivity index (χ1v) is 9.26. The predicted molar refractivity (Wildman–Crippen MR) is 84.3 cm³/mol. The SMILES string of the molecule is CN=C(NCCOCC1CC1)N1CCS(=O)(=O)C(C)(C)C1. The van der Waals surface area contributed by atoms with Gasteiger partial charge in [0.25, 0.3) is 0 Å². The summed E-state index contributed by atoms with van der Waals surface area (Å²) in [6, 6.07) is 0. The molecule has 1 aliphatic heterocycles. The molecule has 2 fully saturated rings. The molecule has 0 bridgehead atoms. The van der Waals surface area contributed by atoms with Gasteiger partial charge in [-0.05, 0) is 32.6 Å². The Balaban J connectivity index is 1.78. The van der Waals surface area contributed by atoms with Gasteiger partial charge in [0, 0.05) is 33.3 Å². The number of hydrogen-bond donors (Lipinski definition) is 1. The molecule has 0 atom stereocenters. The number of hydrogen-bond acceptors (Lipinski definition) is 4. The normalized spacial score (nSPS) is 24.9. The van der Waals surface area contributed by atoms with Crippen LogP contribution >= 0.6 is 0 Å². The zero-order valence-corrected chi connectivity index (χ0v) is 14.1. The first kappa shape index (κ1) is 16.5. The highest BCUT2D eigenvalue weighted by molar-refractivity contribution is 7.92. The van der Waals surface area contributed by atoms with Crippen LogP contribution in [0.5, 0.6) is 0 Å². The maximum Gasteiger partial charge on any atom is 0.193 e. The maximum absolute atomic E-state index is 12.0. The summed E-state index contributed by atoms with van der Waals surface area (Å²) in [6.45, 7) is 6.73. The zero-order valence-electron chi connectivity index (χ0n) is 13.3. The van der Waals surface area contributed by atoms with Crippen LogP contribution in [0.1, 0.15) is 26.7 Å². The Hall–Kier alpha value is -0.820. The second-order valence-electron chi connectivity index (χ2n) is 6.49. The van der Waals surface area contributed by atoms with Crippen LogP contribution in [0.4, 0.5) is 0 Å². The number of nitrogens with one attached hydrogen (secondary N) is 1. The molecular weight excluding hydrogens is 290 g/mol. The van der Waals surface area contributed by atoms with Crippen LogP contribution in [0.25, 0.3) is 0 Å². The third-order valence-electron chi connectivity index (χ3n) is 4.13. The molecule has 0 unspecified atom stereocenters. The molecule has 0 aromatic rings. The molecule has 21 heavy (non-hydrogen) atoms. The molecule has 2 rings (SSSR count). The lowest BCUT2D eigenvalue weighted by Gasteiger charge is -2.39. The molecule has 0 spiro atoms. The van der Waals surface area contributed by atoms with Crippen molar-refractivity contribution in [1.82, 2.24) is 10.2 Å². The number of sulfone groups is 1. The van der Waals surface area contributed by atoms with Gasteiger partial charge in [-0.15, -0.1) is 0 Å². The van der Waals surface area contributed by atoms with Crippen molar-refractivity contribution >= 4 is 15.8 Å². The van der Waals surface area contributed by atoms with Crippen molar-refractivity contribution in [2.24, 2.45) is 10.9 Å². The fourth-order valence-corrected chi connectivity index (χ4v) is 3.79. The van der Waals surface area contributed by atoms with Gasteiger partial charge in [0.15, 0.2) is 15.8 Å². The Morgan fingerprint density at radius 1 is 1.43 bits per heavy atom. The molecule has 6 nitrogen and oxygen atoms in total. The quantitative estimate of drug-likeness (QED) is 0.454. The van der Waals surface area contributed by atoms with E-state index in [0.717, 1.165) is 18.5 Å². The first-order chi connectivity index (χ1) is 9.86. The molecule has 0 amide bonds. The van der Waals surface area contributed by atoms with E-state index >= 15 is 0 Å². The lowest BCUT2D eigenvalue weighted by Crippen LogP contribution is -2.57. The Morgan fingerprint density at radius 3 is 2.71 bits per heavy atom. The minimum Gasteiger partial charge on any atom is -0.379 e. The molecule has 1 saturated carbocycles. The van der Waals surface area contributed by atoms with Crippen LogP contribution in [0.3, 0.4) is 0 Å². The van der Waals surface area contributed by atoms with Crippen molar-refractivity contribution in [2.75, 3.05) is 45.6 Å². The molecule has 1 heterocycles. The molecule has 0 aromatic carbocycles. The third kappa shape index (κ3) is 4.32. The highest BCUT2D eigenvalue weighted by atomic mass is 32.2. The maximum atomic E-state index is 12.0. The molecule has 1 saturated heterocycles. The summed E-state index contributed by atoms with van der Waals surface area (Å²) >= 11 is 0. The summed E-state index contributed by atoms with van der Waals surface area (Å²) in [4.78, 5) is 6.27.